The van der Waals surface area contributed by atoms with Gasteiger partial charge in [0.2, 0.25) is 5.88 Å². The summed E-state index contributed by atoms with van der Waals surface area (Å²) in [6, 6.07) is 6.96. The molecule has 0 radical (unpaired) electrons. The van der Waals surface area contributed by atoms with Crippen LogP contribution in [0.4, 0.5) is 17.2 Å². The molecule has 0 atom stereocenters. The monoisotopic (exact) mass is 379 g/mol. The molecule has 0 spiro atoms. The van der Waals surface area contributed by atoms with E-state index in [1.54, 1.807) is 31.2 Å². The van der Waals surface area contributed by atoms with Gasteiger partial charge in [0.1, 0.15) is 0 Å². The van der Waals surface area contributed by atoms with Gasteiger partial charge in [-0.05, 0) is 30.0 Å². The third kappa shape index (κ3) is 3.50. The van der Waals surface area contributed by atoms with E-state index in [2.05, 4.69) is 30.4 Å². The zero-order chi connectivity index (χ0) is 20.5. The molecule has 0 fully saturated rings. The van der Waals surface area contributed by atoms with Crippen LogP contribution in [-0.4, -0.2) is 30.2 Å². The number of aromatic amines is 1. The summed E-state index contributed by atoms with van der Waals surface area (Å²) in [6.45, 7) is 14.9. The van der Waals surface area contributed by atoms with Gasteiger partial charge in [-0.3, -0.25) is 5.10 Å². The largest absolute Gasteiger partial charge is 0.492 e. The summed E-state index contributed by atoms with van der Waals surface area (Å²) >= 11 is 0. The maximum Gasteiger partial charge on any atom is 0.255 e. The minimum atomic E-state index is -0.312. The smallest absolute Gasteiger partial charge is 0.255 e. The van der Waals surface area contributed by atoms with Gasteiger partial charge in [-0.25, -0.2) is 4.85 Å². The second-order valence-electron chi connectivity index (χ2n) is 7.33. The van der Waals surface area contributed by atoms with Gasteiger partial charge in [0.15, 0.2) is 11.5 Å². The Morgan fingerprint density at radius 2 is 1.89 bits per heavy atom. The first-order valence-corrected chi connectivity index (χ1v) is 8.63. The van der Waals surface area contributed by atoms with Crippen LogP contribution in [0, 0.1) is 13.5 Å². The lowest BCUT2D eigenvalue weighted by Gasteiger charge is -2.15. The van der Waals surface area contributed by atoms with E-state index >= 15 is 0 Å². The van der Waals surface area contributed by atoms with Crippen molar-refractivity contribution in [3.63, 3.8) is 0 Å². The molecule has 0 bridgehead atoms. The molecule has 0 saturated carbocycles. The summed E-state index contributed by atoms with van der Waals surface area (Å²) < 4.78 is 1.34. The third-order valence-electron chi connectivity index (χ3n) is 4.16. The van der Waals surface area contributed by atoms with Gasteiger partial charge in [-0.15, -0.1) is 10.2 Å². The number of nitrogens with one attached hydrogen (secondary N) is 1. The molecule has 3 rings (SSSR count). The van der Waals surface area contributed by atoms with Crippen LogP contribution in [0.25, 0.3) is 10.5 Å². The van der Waals surface area contributed by atoms with Crippen LogP contribution in [0.2, 0.25) is 0 Å². The minimum Gasteiger partial charge on any atom is -0.492 e. The van der Waals surface area contributed by atoms with Crippen molar-refractivity contribution in [2.75, 3.05) is 0 Å². The summed E-state index contributed by atoms with van der Waals surface area (Å²) in [4.78, 5) is 3.52. The van der Waals surface area contributed by atoms with Crippen LogP contribution in [-0.2, 0) is 12.0 Å². The Balaban J connectivity index is 1.97. The number of H-pyrrole nitrogens is 1. The number of benzene rings is 1. The second-order valence-corrected chi connectivity index (χ2v) is 7.33. The van der Waals surface area contributed by atoms with E-state index in [9.17, 15) is 5.11 Å². The van der Waals surface area contributed by atoms with Crippen molar-refractivity contribution in [2.45, 2.75) is 39.7 Å². The predicted octanol–water partition coefficient (Wildman–Crippen LogP) is 4.37. The number of hydrogen-bond acceptors (Lipinski definition) is 6. The Bertz CT molecular complexity index is 1060. The molecule has 0 saturated heterocycles. The zero-order valence-corrected chi connectivity index (χ0v) is 16.1. The Kier molecular flexibility index (Phi) is 4.98. The third-order valence-corrected chi connectivity index (χ3v) is 4.16. The molecule has 0 aliphatic rings. The SMILES string of the molecule is [C-]#[N+]c1c(C(C)(C)C)n[nH]c1/N=N/c1c(C)nn(-c2ccc(CO)cc2)c1O. The zero-order valence-electron chi connectivity index (χ0n) is 16.1. The van der Waals surface area contributed by atoms with Crippen molar-refractivity contribution in [1.82, 2.24) is 20.0 Å². The number of aliphatic hydroxyl groups is 1. The standard InChI is InChI=1S/C19H21N7O2/c1-11-14(18(28)26(25-11)13-8-6-12(10-27)7-9-13)21-23-17-15(20-5)16(22-24-17)19(2,3)4/h6-9,27-28H,10H2,1-4H3,(H,22,24)/b23-21+. The molecule has 3 aromatic rings. The van der Waals surface area contributed by atoms with Crippen LogP contribution < -0.4 is 0 Å². The molecule has 9 nitrogen and oxygen atoms in total. The van der Waals surface area contributed by atoms with Crippen LogP contribution in [0.5, 0.6) is 5.88 Å². The molecular formula is C19H21N7O2. The van der Waals surface area contributed by atoms with Crippen molar-refractivity contribution in [1.29, 1.82) is 0 Å². The van der Waals surface area contributed by atoms with Crippen molar-refractivity contribution >= 4 is 17.2 Å². The molecule has 0 amide bonds. The predicted molar refractivity (Wildman–Crippen MR) is 104 cm³/mol. The average Bonchev–Trinajstić information content (AvgIpc) is 3.20. The Hall–Kier alpha value is -3.51. The lowest BCUT2D eigenvalue weighted by molar-refractivity contribution is 0.282. The van der Waals surface area contributed by atoms with Crippen molar-refractivity contribution in [3.05, 3.63) is 52.6 Å². The Labute approximate surface area is 162 Å². The summed E-state index contributed by atoms with van der Waals surface area (Å²) in [5, 5.41) is 39.1. The molecule has 2 heterocycles. The van der Waals surface area contributed by atoms with Gasteiger partial charge in [0.25, 0.3) is 5.69 Å². The second kappa shape index (κ2) is 7.25. The summed E-state index contributed by atoms with van der Waals surface area (Å²) in [5.74, 6) is 0.0664. The number of aryl methyl sites for hydroxylation is 1. The maximum absolute atomic E-state index is 10.5. The quantitative estimate of drug-likeness (QED) is 0.461. The van der Waals surface area contributed by atoms with Gasteiger partial charge in [-0.1, -0.05) is 32.9 Å². The lowest BCUT2D eigenvalue weighted by Crippen LogP contribution is -2.11. The summed E-state index contributed by atoms with van der Waals surface area (Å²) in [6.07, 6.45) is 0. The van der Waals surface area contributed by atoms with Gasteiger partial charge in [-0.2, -0.15) is 14.9 Å². The first kappa shape index (κ1) is 19.3. The molecule has 0 unspecified atom stereocenters. The number of aromatic hydroxyl groups is 1. The summed E-state index contributed by atoms with van der Waals surface area (Å²) in [7, 11) is 0. The van der Waals surface area contributed by atoms with Crippen LogP contribution in [0.1, 0.15) is 37.7 Å². The molecule has 3 N–H and O–H groups in total. The highest BCUT2D eigenvalue weighted by molar-refractivity contribution is 5.67. The number of aliphatic hydroxyl groups excluding tert-OH is 1. The Morgan fingerprint density at radius 1 is 1.21 bits per heavy atom. The van der Waals surface area contributed by atoms with Crippen molar-refractivity contribution < 1.29 is 10.2 Å². The lowest BCUT2D eigenvalue weighted by atomic mass is 9.91. The molecule has 1 aromatic carbocycles. The molecular weight excluding hydrogens is 358 g/mol. The van der Waals surface area contributed by atoms with Gasteiger partial charge < -0.3 is 10.2 Å². The fourth-order valence-electron chi connectivity index (χ4n) is 2.67. The molecule has 144 valence electrons. The minimum absolute atomic E-state index is 0.0615. The maximum atomic E-state index is 10.5. The van der Waals surface area contributed by atoms with E-state index in [1.807, 2.05) is 20.8 Å². The normalized spacial score (nSPS) is 11.9. The van der Waals surface area contributed by atoms with E-state index < -0.39 is 0 Å². The van der Waals surface area contributed by atoms with E-state index in [-0.39, 0.29) is 29.4 Å². The van der Waals surface area contributed by atoms with Gasteiger partial charge in [0, 0.05) is 0 Å². The fourth-order valence-corrected chi connectivity index (χ4v) is 2.67. The van der Waals surface area contributed by atoms with E-state index in [4.69, 9.17) is 11.7 Å². The average molecular weight is 379 g/mol. The highest BCUT2D eigenvalue weighted by Crippen LogP contribution is 2.39. The van der Waals surface area contributed by atoms with E-state index in [0.717, 1.165) is 5.56 Å². The molecule has 0 aliphatic heterocycles. The topological polar surface area (TPSA) is 116 Å². The van der Waals surface area contributed by atoms with E-state index in [1.165, 1.54) is 4.68 Å². The van der Waals surface area contributed by atoms with Crippen LogP contribution >= 0.6 is 0 Å². The number of azo groups is 1. The summed E-state index contributed by atoms with van der Waals surface area (Å²) in [5.41, 5.74) is 2.66. The number of nitrogens with zero attached hydrogens (tertiary/aromatic N) is 6. The molecule has 9 heteroatoms. The van der Waals surface area contributed by atoms with Gasteiger partial charge in [0.05, 0.1) is 30.3 Å². The number of hydrogen-bond donors (Lipinski definition) is 3. The Morgan fingerprint density at radius 3 is 2.46 bits per heavy atom. The highest BCUT2D eigenvalue weighted by Gasteiger charge is 2.25. The molecule has 2 aromatic heterocycles. The van der Waals surface area contributed by atoms with Gasteiger partial charge >= 0.3 is 0 Å². The van der Waals surface area contributed by atoms with Crippen LogP contribution in [0.15, 0.2) is 34.5 Å². The number of aromatic nitrogens is 4. The first-order chi connectivity index (χ1) is 13.3. The first-order valence-electron chi connectivity index (χ1n) is 8.63. The molecule has 28 heavy (non-hydrogen) atoms. The fraction of sp³-hybridized carbons (Fsp3) is 0.316. The number of rotatable bonds is 4. The van der Waals surface area contributed by atoms with Crippen molar-refractivity contribution in [2.24, 2.45) is 10.2 Å². The van der Waals surface area contributed by atoms with E-state index in [0.29, 0.717) is 22.8 Å². The van der Waals surface area contributed by atoms with Crippen LogP contribution in [0.3, 0.4) is 0 Å². The highest BCUT2D eigenvalue weighted by atomic mass is 16.3. The molecule has 0 aliphatic carbocycles. The van der Waals surface area contributed by atoms with Crippen molar-refractivity contribution in [3.8, 4) is 11.6 Å².